The fourth-order valence-corrected chi connectivity index (χ4v) is 1.84. The Labute approximate surface area is 114 Å². The highest BCUT2D eigenvalue weighted by Crippen LogP contribution is 2.12. The first-order valence-corrected chi connectivity index (χ1v) is 6.23. The van der Waals surface area contributed by atoms with Crippen LogP contribution in [0.1, 0.15) is 12.0 Å². The molecule has 1 rings (SSSR count). The van der Waals surface area contributed by atoms with Crippen LogP contribution in [0.25, 0.3) is 0 Å². The van der Waals surface area contributed by atoms with Crippen molar-refractivity contribution >= 4 is 27.9 Å². The van der Waals surface area contributed by atoms with Gasteiger partial charge in [-0.15, -0.1) is 0 Å². The Bertz CT molecular complexity index is 437. The predicted molar refractivity (Wildman–Crippen MR) is 71.3 cm³/mol. The fourth-order valence-electron chi connectivity index (χ4n) is 1.39. The molecule has 1 aromatic carbocycles. The van der Waals surface area contributed by atoms with E-state index in [0.29, 0.717) is 6.54 Å². The van der Waals surface area contributed by atoms with Gasteiger partial charge in [-0.05, 0) is 17.7 Å². The molecule has 0 aliphatic carbocycles. The molecule has 1 aromatic rings. The first-order chi connectivity index (χ1) is 8.49. The number of amides is 2. The zero-order valence-electron chi connectivity index (χ0n) is 10.0. The molecule has 6 heteroatoms. The molecule has 0 radical (unpaired) electrons. The number of carboxylic acids is 1. The number of rotatable bonds is 5. The summed E-state index contributed by atoms with van der Waals surface area (Å²) >= 11 is 3.36. The number of nitrogens with one attached hydrogen (secondary N) is 1. The van der Waals surface area contributed by atoms with Crippen molar-refractivity contribution in [1.29, 1.82) is 0 Å². The highest BCUT2D eigenvalue weighted by molar-refractivity contribution is 9.10. The van der Waals surface area contributed by atoms with Crippen LogP contribution in [0, 0.1) is 0 Å². The molecule has 0 saturated carbocycles. The number of carbonyl (C=O) groups is 2. The number of hydrogen-bond acceptors (Lipinski definition) is 2. The molecule has 5 nitrogen and oxygen atoms in total. The zero-order chi connectivity index (χ0) is 13.5. The van der Waals surface area contributed by atoms with Crippen LogP contribution < -0.4 is 5.32 Å². The van der Waals surface area contributed by atoms with E-state index in [2.05, 4.69) is 21.2 Å². The van der Waals surface area contributed by atoms with Crippen LogP contribution in [0.4, 0.5) is 4.79 Å². The van der Waals surface area contributed by atoms with Gasteiger partial charge in [-0.25, -0.2) is 4.79 Å². The first-order valence-electron chi connectivity index (χ1n) is 5.44. The van der Waals surface area contributed by atoms with Crippen LogP contribution in [0.2, 0.25) is 0 Å². The Morgan fingerprint density at radius 2 is 2.17 bits per heavy atom. The minimum Gasteiger partial charge on any atom is -0.481 e. The molecular formula is C12H15BrN2O3. The Kier molecular flexibility index (Phi) is 5.64. The maximum absolute atomic E-state index is 11.6. The largest absolute Gasteiger partial charge is 0.481 e. The fraction of sp³-hybridized carbons (Fsp3) is 0.333. The molecule has 18 heavy (non-hydrogen) atoms. The highest BCUT2D eigenvalue weighted by atomic mass is 79.9. The van der Waals surface area contributed by atoms with Crippen LogP contribution in [0.15, 0.2) is 28.7 Å². The lowest BCUT2D eigenvalue weighted by molar-refractivity contribution is -0.136. The van der Waals surface area contributed by atoms with Crippen molar-refractivity contribution < 1.29 is 14.7 Å². The molecular weight excluding hydrogens is 300 g/mol. The molecule has 0 heterocycles. The summed E-state index contributed by atoms with van der Waals surface area (Å²) in [5.41, 5.74) is 1.00. The summed E-state index contributed by atoms with van der Waals surface area (Å²) in [6, 6.07) is 7.38. The number of hydrogen-bond donors (Lipinski definition) is 2. The number of aliphatic carboxylic acids is 1. The van der Waals surface area contributed by atoms with E-state index >= 15 is 0 Å². The Morgan fingerprint density at radius 3 is 2.78 bits per heavy atom. The van der Waals surface area contributed by atoms with Gasteiger partial charge in [0.1, 0.15) is 0 Å². The molecule has 0 unspecified atom stereocenters. The average molecular weight is 315 g/mol. The van der Waals surface area contributed by atoms with Crippen LogP contribution >= 0.6 is 15.9 Å². The van der Waals surface area contributed by atoms with Gasteiger partial charge in [0.15, 0.2) is 0 Å². The molecule has 0 aromatic heterocycles. The molecule has 0 saturated heterocycles. The predicted octanol–water partition coefficient (Wildman–Crippen LogP) is 2.07. The van der Waals surface area contributed by atoms with Crippen molar-refractivity contribution in [2.75, 3.05) is 13.6 Å². The summed E-state index contributed by atoms with van der Waals surface area (Å²) in [5, 5.41) is 11.0. The standard InChI is InChI=1S/C12H15BrN2O3/c1-15(12(18)14-6-5-11(16)17)8-9-3-2-4-10(13)7-9/h2-4,7H,5-6,8H2,1H3,(H,14,18)(H,16,17). The molecule has 0 aliphatic heterocycles. The lowest BCUT2D eigenvalue weighted by atomic mass is 10.2. The third-order valence-electron chi connectivity index (χ3n) is 2.27. The van der Waals surface area contributed by atoms with Gasteiger partial charge >= 0.3 is 12.0 Å². The second-order valence-corrected chi connectivity index (χ2v) is 4.78. The zero-order valence-corrected chi connectivity index (χ0v) is 11.6. The Hall–Kier alpha value is -1.56. The second kappa shape index (κ2) is 7.00. The van der Waals surface area contributed by atoms with Crippen LogP contribution in [0.5, 0.6) is 0 Å². The van der Waals surface area contributed by atoms with E-state index in [0.717, 1.165) is 10.0 Å². The van der Waals surface area contributed by atoms with E-state index in [4.69, 9.17) is 5.11 Å². The molecule has 0 spiro atoms. The maximum Gasteiger partial charge on any atom is 0.317 e. The molecule has 98 valence electrons. The third-order valence-corrected chi connectivity index (χ3v) is 2.76. The Morgan fingerprint density at radius 1 is 1.44 bits per heavy atom. The van der Waals surface area contributed by atoms with Gasteiger partial charge in [0, 0.05) is 24.6 Å². The molecule has 2 amide bonds. The van der Waals surface area contributed by atoms with Gasteiger partial charge in [0.2, 0.25) is 0 Å². The summed E-state index contributed by atoms with van der Waals surface area (Å²) < 4.78 is 0.958. The number of carbonyl (C=O) groups excluding carboxylic acids is 1. The van der Waals surface area contributed by atoms with Crippen molar-refractivity contribution in [2.24, 2.45) is 0 Å². The normalized spacial score (nSPS) is 9.89. The second-order valence-electron chi connectivity index (χ2n) is 3.86. The summed E-state index contributed by atoms with van der Waals surface area (Å²) in [6.45, 7) is 0.606. The average Bonchev–Trinajstić information content (AvgIpc) is 2.28. The quantitative estimate of drug-likeness (QED) is 0.874. The maximum atomic E-state index is 11.6. The highest BCUT2D eigenvalue weighted by Gasteiger charge is 2.09. The van der Waals surface area contributed by atoms with Crippen molar-refractivity contribution in [2.45, 2.75) is 13.0 Å². The van der Waals surface area contributed by atoms with Gasteiger partial charge in [0.25, 0.3) is 0 Å². The molecule has 0 aliphatic rings. The lowest BCUT2D eigenvalue weighted by Gasteiger charge is -2.17. The topological polar surface area (TPSA) is 69.6 Å². The van der Waals surface area contributed by atoms with E-state index in [9.17, 15) is 9.59 Å². The monoisotopic (exact) mass is 314 g/mol. The molecule has 2 N–H and O–H groups in total. The molecule has 0 fully saturated rings. The minimum atomic E-state index is -0.926. The smallest absolute Gasteiger partial charge is 0.317 e. The van der Waals surface area contributed by atoms with Crippen molar-refractivity contribution in [3.05, 3.63) is 34.3 Å². The number of carboxylic acid groups (broad SMARTS) is 1. The van der Waals surface area contributed by atoms with Crippen LogP contribution in [0.3, 0.4) is 0 Å². The minimum absolute atomic E-state index is 0.0730. The number of benzene rings is 1. The van der Waals surface area contributed by atoms with E-state index < -0.39 is 5.97 Å². The van der Waals surface area contributed by atoms with Crippen LogP contribution in [-0.2, 0) is 11.3 Å². The third kappa shape index (κ3) is 5.18. The first kappa shape index (κ1) is 14.5. The van der Waals surface area contributed by atoms with Crippen molar-refractivity contribution in [1.82, 2.24) is 10.2 Å². The lowest BCUT2D eigenvalue weighted by Crippen LogP contribution is -2.37. The number of urea groups is 1. The van der Waals surface area contributed by atoms with E-state index in [1.54, 1.807) is 7.05 Å². The van der Waals surface area contributed by atoms with Crippen molar-refractivity contribution in [3.8, 4) is 0 Å². The van der Waals surface area contributed by atoms with Gasteiger partial charge in [-0.2, -0.15) is 0 Å². The summed E-state index contributed by atoms with van der Waals surface area (Å²) in [5.74, 6) is -0.926. The van der Waals surface area contributed by atoms with Crippen molar-refractivity contribution in [3.63, 3.8) is 0 Å². The van der Waals surface area contributed by atoms with E-state index in [1.807, 2.05) is 24.3 Å². The van der Waals surface area contributed by atoms with E-state index in [-0.39, 0.29) is 19.0 Å². The van der Waals surface area contributed by atoms with E-state index in [1.165, 1.54) is 4.90 Å². The van der Waals surface area contributed by atoms with Gasteiger partial charge < -0.3 is 15.3 Å². The number of nitrogens with zero attached hydrogens (tertiary/aromatic N) is 1. The molecule has 0 bridgehead atoms. The van der Waals surface area contributed by atoms with Crippen LogP contribution in [-0.4, -0.2) is 35.6 Å². The summed E-state index contributed by atoms with van der Waals surface area (Å²) in [6.07, 6.45) is -0.0730. The van der Waals surface area contributed by atoms with Gasteiger partial charge in [0.05, 0.1) is 6.42 Å². The SMILES string of the molecule is CN(Cc1cccc(Br)c1)C(=O)NCCC(=O)O. The van der Waals surface area contributed by atoms with Gasteiger partial charge in [-0.3, -0.25) is 4.79 Å². The summed E-state index contributed by atoms with van der Waals surface area (Å²) in [4.78, 5) is 23.4. The summed E-state index contributed by atoms with van der Waals surface area (Å²) in [7, 11) is 1.66. The Balaban J connectivity index is 2.42. The molecule has 0 atom stereocenters. The van der Waals surface area contributed by atoms with Gasteiger partial charge in [-0.1, -0.05) is 28.1 Å². The number of halogens is 1.